The summed E-state index contributed by atoms with van der Waals surface area (Å²) in [5.41, 5.74) is 0.428. The Morgan fingerprint density at radius 2 is 1.76 bits per heavy atom. The molecule has 0 unspecified atom stereocenters. The lowest BCUT2D eigenvalue weighted by atomic mass is 9.98. The minimum Gasteiger partial charge on any atom is -0.463 e. The number of ether oxygens (including phenoxy) is 2. The summed E-state index contributed by atoms with van der Waals surface area (Å²) in [6, 6.07) is 7.14. The second kappa shape index (κ2) is 10.8. The lowest BCUT2D eigenvalue weighted by Gasteiger charge is -2.31. The third-order valence-electron chi connectivity index (χ3n) is 5.67. The molecule has 10 nitrogen and oxygen atoms in total. The van der Waals surface area contributed by atoms with Crippen LogP contribution in [0.2, 0.25) is 0 Å². The second-order valence-electron chi connectivity index (χ2n) is 7.77. The third kappa shape index (κ3) is 5.72. The third-order valence-corrected chi connectivity index (χ3v) is 7.59. The fraction of sp³-hybridized carbons (Fsp3) is 0.500. The summed E-state index contributed by atoms with van der Waals surface area (Å²) in [5, 5.41) is 5.19. The fourth-order valence-corrected chi connectivity index (χ4v) is 5.40. The van der Waals surface area contributed by atoms with Crippen molar-refractivity contribution < 1.29 is 32.3 Å². The summed E-state index contributed by atoms with van der Waals surface area (Å²) in [4.78, 5) is 37.2. The molecule has 2 N–H and O–H groups in total. The lowest BCUT2D eigenvalue weighted by molar-refractivity contribution is -0.149. The largest absolute Gasteiger partial charge is 0.463 e. The highest BCUT2D eigenvalue weighted by molar-refractivity contribution is 7.89. The van der Waals surface area contributed by atoms with Crippen LogP contribution < -0.4 is 10.6 Å². The minimum absolute atomic E-state index is 0.171. The Morgan fingerprint density at radius 3 is 2.36 bits per heavy atom. The molecule has 0 bridgehead atoms. The number of nitrogens with one attached hydrogen (secondary N) is 2. The van der Waals surface area contributed by atoms with E-state index in [-0.39, 0.29) is 42.5 Å². The van der Waals surface area contributed by atoms with E-state index < -0.39 is 40.0 Å². The van der Waals surface area contributed by atoms with E-state index in [9.17, 15) is 22.8 Å². The van der Waals surface area contributed by atoms with Crippen LogP contribution in [0.3, 0.4) is 0 Å². The van der Waals surface area contributed by atoms with Crippen LogP contribution >= 0.6 is 0 Å². The molecule has 1 aromatic rings. The molecular weight excluding hydrogens is 450 g/mol. The van der Waals surface area contributed by atoms with Crippen LogP contribution in [0.5, 0.6) is 0 Å². The molecule has 2 heterocycles. The number of benzene rings is 1. The van der Waals surface area contributed by atoms with E-state index in [4.69, 9.17) is 9.47 Å². The maximum Gasteiger partial charge on any atom is 0.338 e. The molecule has 2 amide bonds. The molecule has 180 valence electrons. The Kier molecular flexibility index (Phi) is 8.09. The maximum atomic E-state index is 12.8. The molecule has 1 saturated heterocycles. The quantitative estimate of drug-likeness (QED) is 0.541. The van der Waals surface area contributed by atoms with Crippen molar-refractivity contribution in [3.05, 3.63) is 41.6 Å². The van der Waals surface area contributed by atoms with Crippen molar-refractivity contribution in [3.63, 3.8) is 0 Å². The number of nitrogens with zero attached hydrogens (tertiary/aromatic N) is 1. The number of esters is 2. The predicted octanol–water partition coefficient (Wildman–Crippen LogP) is 1.54. The number of piperidine rings is 1. The number of hydrogen-bond acceptors (Lipinski definition) is 7. The van der Waals surface area contributed by atoms with E-state index in [0.29, 0.717) is 19.3 Å². The van der Waals surface area contributed by atoms with Crippen molar-refractivity contribution in [2.45, 2.75) is 44.0 Å². The van der Waals surface area contributed by atoms with Crippen molar-refractivity contribution >= 4 is 28.0 Å². The fourth-order valence-electron chi connectivity index (χ4n) is 3.91. The van der Waals surface area contributed by atoms with Gasteiger partial charge in [-0.25, -0.2) is 18.0 Å². The Hall–Kier alpha value is -2.92. The molecule has 0 radical (unpaired) electrons. The Morgan fingerprint density at radius 1 is 1.09 bits per heavy atom. The summed E-state index contributed by atoms with van der Waals surface area (Å²) < 4.78 is 37.4. The van der Waals surface area contributed by atoms with Crippen molar-refractivity contribution in [3.8, 4) is 0 Å². The van der Waals surface area contributed by atoms with Crippen LogP contribution in [0, 0.1) is 5.92 Å². The highest BCUT2D eigenvalue weighted by Gasteiger charge is 2.35. The van der Waals surface area contributed by atoms with E-state index in [2.05, 4.69) is 10.6 Å². The van der Waals surface area contributed by atoms with Crippen LogP contribution in [-0.2, 0) is 29.1 Å². The van der Waals surface area contributed by atoms with Gasteiger partial charge in [0.2, 0.25) is 10.0 Å². The molecule has 2 aliphatic heterocycles. The summed E-state index contributed by atoms with van der Waals surface area (Å²) >= 11 is 0. The predicted molar refractivity (Wildman–Crippen MR) is 118 cm³/mol. The first-order valence-corrected chi connectivity index (χ1v) is 12.4. The van der Waals surface area contributed by atoms with Gasteiger partial charge in [-0.05, 0) is 38.3 Å². The molecule has 0 spiro atoms. The number of hydrogen-bond donors (Lipinski definition) is 2. The van der Waals surface area contributed by atoms with Gasteiger partial charge in [0.15, 0.2) is 0 Å². The summed E-state index contributed by atoms with van der Waals surface area (Å²) in [6.07, 6.45) is 1.10. The summed E-state index contributed by atoms with van der Waals surface area (Å²) in [6.45, 7) is 3.79. The smallest absolute Gasteiger partial charge is 0.338 e. The minimum atomic E-state index is -3.61. The van der Waals surface area contributed by atoms with Gasteiger partial charge in [0.1, 0.15) is 6.61 Å². The first-order chi connectivity index (χ1) is 15.8. The number of urea groups is 1. The SMILES string of the molecule is CCOC(=O)C1=C(COC(=O)C2CCN(S(=O)(=O)c3ccccc3)CC2)NC(=O)N[C@@H]1CC. The number of carbonyl (C=O) groups excluding carboxylic acids is 3. The lowest BCUT2D eigenvalue weighted by Crippen LogP contribution is -2.51. The summed E-state index contributed by atoms with van der Waals surface area (Å²) in [7, 11) is -3.61. The topological polar surface area (TPSA) is 131 Å². The van der Waals surface area contributed by atoms with Crippen molar-refractivity contribution in [1.29, 1.82) is 0 Å². The average Bonchev–Trinajstić information content (AvgIpc) is 2.82. The first-order valence-electron chi connectivity index (χ1n) is 11.0. The van der Waals surface area contributed by atoms with Gasteiger partial charge in [0, 0.05) is 13.1 Å². The number of carbonyl (C=O) groups is 3. The molecule has 1 aromatic carbocycles. The summed E-state index contributed by atoms with van der Waals surface area (Å²) in [5.74, 6) is -1.55. The first kappa shape index (κ1) is 24.7. The molecule has 3 rings (SSSR count). The zero-order valence-corrected chi connectivity index (χ0v) is 19.5. The van der Waals surface area contributed by atoms with Gasteiger partial charge in [0.25, 0.3) is 0 Å². The molecule has 11 heteroatoms. The van der Waals surface area contributed by atoms with Gasteiger partial charge in [0.05, 0.1) is 34.7 Å². The highest BCUT2D eigenvalue weighted by atomic mass is 32.2. The van der Waals surface area contributed by atoms with Gasteiger partial charge in [-0.15, -0.1) is 0 Å². The van der Waals surface area contributed by atoms with Gasteiger partial charge in [-0.1, -0.05) is 25.1 Å². The number of amides is 2. The van der Waals surface area contributed by atoms with Gasteiger partial charge in [-0.3, -0.25) is 4.79 Å². The molecule has 0 aromatic heterocycles. The van der Waals surface area contributed by atoms with Gasteiger partial charge < -0.3 is 20.1 Å². The Bertz CT molecular complexity index is 1020. The second-order valence-corrected chi connectivity index (χ2v) is 9.71. The molecule has 0 aliphatic carbocycles. The van der Waals surface area contributed by atoms with Crippen LogP contribution in [-0.4, -0.2) is 63.0 Å². The van der Waals surface area contributed by atoms with E-state index in [1.54, 1.807) is 37.3 Å². The van der Waals surface area contributed by atoms with E-state index >= 15 is 0 Å². The maximum absolute atomic E-state index is 12.8. The monoisotopic (exact) mass is 479 g/mol. The number of rotatable bonds is 8. The molecule has 0 saturated carbocycles. The van der Waals surface area contributed by atoms with Crippen LogP contribution in [0.1, 0.15) is 33.1 Å². The normalized spacial score (nSPS) is 20.1. The van der Waals surface area contributed by atoms with Gasteiger partial charge >= 0.3 is 18.0 Å². The van der Waals surface area contributed by atoms with E-state index in [1.807, 2.05) is 6.92 Å². The molecule has 33 heavy (non-hydrogen) atoms. The zero-order valence-electron chi connectivity index (χ0n) is 18.7. The Labute approximate surface area is 193 Å². The van der Waals surface area contributed by atoms with Crippen LogP contribution in [0.4, 0.5) is 4.79 Å². The van der Waals surface area contributed by atoms with Crippen molar-refractivity contribution in [1.82, 2.24) is 14.9 Å². The van der Waals surface area contributed by atoms with Crippen LogP contribution in [0.15, 0.2) is 46.5 Å². The molecule has 1 atom stereocenters. The Balaban J connectivity index is 1.62. The van der Waals surface area contributed by atoms with E-state index in [1.165, 1.54) is 4.31 Å². The highest BCUT2D eigenvalue weighted by Crippen LogP contribution is 2.25. The zero-order chi connectivity index (χ0) is 24.0. The van der Waals surface area contributed by atoms with Crippen LogP contribution in [0.25, 0.3) is 0 Å². The van der Waals surface area contributed by atoms with Gasteiger partial charge in [-0.2, -0.15) is 4.31 Å². The van der Waals surface area contributed by atoms with Crippen molar-refractivity contribution in [2.75, 3.05) is 26.3 Å². The molecule has 1 fully saturated rings. The average molecular weight is 480 g/mol. The standard InChI is InChI=1S/C22H29N3O7S/c1-3-17-19(21(27)31-4-2)18(24-22(28)23-17)14-32-20(26)15-10-12-25(13-11-15)33(29,30)16-8-6-5-7-9-16/h5-9,15,17H,3-4,10-14H2,1-2H3,(H2,23,24,28)/t17-/m1/s1. The molecular formula is C22H29N3O7S. The van der Waals surface area contributed by atoms with E-state index in [0.717, 1.165) is 0 Å². The molecule has 2 aliphatic rings. The number of sulfonamides is 1. The van der Waals surface area contributed by atoms with Crippen molar-refractivity contribution in [2.24, 2.45) is 5.92 Å².